The summed E-state index contributed by atoms with van der Waals surface area (Å²) < 4.78 is 34.0. The van der Waals surface area contributed by atoms with E-state index in [1.165, 1.54) is 30.5 Å². The number of methoxy groups -OCH3 is 1. The lowest BCUT2D eigenvalue weighted by molar-refractivity contribution is -0.114. The van der Waals surface area contributed by atoms with Crippen LogP contribution in [0, 0.1) is 0 Å². The van der Waals surface area contributed by atoms with E-state index in [9.17, 15) is 13.2 Å². The summed E-state index contributed by atoms with van der Waals surface area (Å²) in [5.74, 6) is -0.0841. The molecular formula is C23H24N2O4S. The largest absolute Gasteiger partial charge is 0.495 e. The third kappa shape index (κ3) is 4.53. The van der Waals surface area contributed by atoms with Crippen LogP contribution < -0.4 is 10.1 Å². The van der Waals surface area contributed by atoms with Crippen LogP contribution in [-0.2, 0) is 14.8 Å². The van der Waals surface area contributed by atoms with Gasteiger partial charge in [-0.25, -0.2) is 8.42 Å². The zero-order valence-corrected chi connectivity index (χ0v) is 17.9. The van der Waals surface area contributed by atoms with Gasteiger partial charge >= 0.3 is 0 Å². The van der Waals surface area contributed by atoms with Gasteiger partial charge in [-0.15, -0.1) is 0 Å². The van der Waals surface area contributed by atoms with Gasteiger partial charge < -0.3 is 10.1 Å². The maximum Gasteiger partial charge on any atom is 0.247 e. The summed E-state index contributed by atoms with van der Waals surface area (Å²) in [4.78, 5) is 11.4. The molecule has 0 aliphatic carbocycles. The average molecular weight is 425 g/mol. The van der Waals surface area contributed by atoms with Crippen molar-refractivity contribution in [1.82, 2.24) is 4.31 Å². The number of carbonyl (C=O) groups excluding carboxylic acids is 1. The molecule has 0 aliphatic rings. The van der Waals surface area contributed by atoms with Crippen molar-refractivity contribution in [2.24, 2.45) is 0 Å². The van der Waals surface area contributed by atoms with Crippen LogP contribution in [0.15, 0.2) is 83.8 Å². The second kappa shape index (κ2) is 9.11. The molecule has 3 aromatic carbocycles. The third-order valence-corrected chi connectivity index (χ3v) is 6.58. The fourth-order valence-corrected chi connectivity index (χ4v) is 4.85. The fourth-order valence-electron chi connectivity index (χ4n) is 3.34. The van der Waals surface area contributed by atoms with E-state index in [1.54, 1.807) is 13.1 Å². The number of anilines is 1. The Labute approximate surface area is 177 Å². The highest BCUT2D eigenvalue weighted by Crippen LogP contribution is 2.36. The normalized spacial score (nSPS) is 11.5. The van der Waals surface area contributed by atoms with E-state index in [1.807, 2.05) is 60.7 Å². The molecule has 0 bridgehead atoms. The Hall–Kier alpha value is -3.16. The molecule has 156 valence electrons. The summed E-state index contributed by atoms with van der Waals surface area (Å²) in [6, 6.07) is 22.9. The Kier molecular flexibility index (Phi) is 6.54. The number of nitrogens with one attached hydrogen (secondary N) is 1. The molecule has 0 heterocycles. The molecule has 30 heavy (non-hydrogen) atoms. The number of carbonyl (C=O) groups is 1. The first kappa shape index (κ1) is 21.5. The maximum atomic E-state index is 13.7. The molecule has 6 nitrogen and oxygen atoms in total. The Morgan fingerprint density at radius 3 is 1.93 bits per heavy atom. The average Bonchev–Trinajstić information content (AvgIpc) is 2.75. The van der Waals surface area contributed by atoms with Gasteiger partial charge in [0.25, 0.3) is 0 Å². The molecule has 0 aliphatic heterocycles. The van der Waals surface area contributed by atoms with Gasteiger partial charge in [0, 0.05) is 19.7 Å². The number of amides is 1. The Balaban J connectivity index is 2.13. The van der Waals surface area contributed by atoms with Crippen molar-refractivity contribution in [2.45, 2.75) is 17.9 Å². The minimum absolute atomic E-state index is 0.0180. The lowest BCUT2D eigenvalue weighted by atomic mass is 9.99. The van der Waals surface area contributed by atoms with Gasteiger partial charge in [-0.05, 0) is 29.3 Å². The topological polar surface area (TPSA) is 75.7 Å². The molecule has 3 aromatic rings. The van der Waals surface area contributed by atoms with Crippen molar-refractivity contribution < 1.29 is 17.9 Å². The molecule has 0 aromatic heterocycles. The minimum Gasteiger partial charge on any atom is -0.495 e. The van der Waals surface area contributed by atoms with Crippen LogP contribution in [0.4, 0.5) is 5.69 Å². The molecule has 0 saturated heterocycles. The van der Waals surface area contributed by atoms with Crippen LogP contribution in [0.25, 0.3) is 0 Å². The summed E-state index contributed by atoms with van der Waals surface area (Å²) in [5, 5.41) is 2.62. The second-order valence-corrected chi connectivity index (χ2v) is 8.76. The molecule has 0 unspecified atom stereocenters. The van der Waals surface area contributed by atoms with E-state index in [4.69, 9.17) is 4.74 Å². The minimum atomic E-state index is -3.98. The quantitative estimate of drug-likeness (QED) is 0.621. The van der Waals surface area contributed by atoms with Crippen LogP contribution >= 0.6 is 0 Å². The lowest BCUT2D eigenvalue weighted by Crippen LogP contribution is -2.32. The standard InChI is InChI=1S/C23H24N2O4S/c1-17(26)24-20-14-15-21(29-3)22(16-20)30(27,28)25(2)23(18-10-6-4-7-11-18)19-12-8-5-9-13-19/h4-16,23H,1-3H3,(H,24,26). The Morgan fingerprint density at radius 1 is 0.933 bits per heavy atom. The van der Waals surface area contributed by atoms with Gasteiger partial charge in [-0.2, -0.15) is 4.31 Å². The predicted octanol–water partition coefficient (Wildman–Crippen LogP) is 4.06. The molecule has 3 rings (SSSR count). The first-order chi connectivity index (χ1) is 14.3. The van der Waals surface area contributed by atoms with Crippen molar-refractivity contribution in [3.05, 3.63) is 90.0 Å². The van der Waals surface area contributed by atoms with E-state index in [2.05, 4.69) is 5.32 Å². The van der Waals surface area contributed by atoms with E-state index in [-0.39, 0.29) is 16.6 Å². The number of ether oxygens (including phenoxy) is 1. The molecule has 1 N–H and O–H groups in total. The van der Waals surface area contributed by atoms with E-state index in [0.29, 0.717) is 5.69 Å². The van der Waals surface area contributed by atoms with E-state index < -0.39 is 16.1 Å². The predicted molar refractivity (Wildman–Crippen MR) is 117 cm³/mol. The molecule has 0 spiro atoms. The van der Waals surface area contributed by atoms with Gasteiger partial charge in [0.05, 0.1) is 13.2 Å². The van der Waals surface area contributed by atoms with Crippen molar-refractivity contribution >= 4 is 21.6 Å². The zero-order chi connectivity index (χ0) is 21.7. The van der Waals surface area contributed by atoms with Gasteiger partial charge in [0.1, 0.15) is 10.6 Å². The van der Waals surface area contributed by atoms with Crippen molar-refractivity contribution in [2.75, 3.05) is 19.5 Å². The summed E-state index contributed by atoms with van der Waals surface area (Å²) in [6.07, 6.45) is 0. The molecule has 0 saturated carbocycles. The first-order valence-electron chi connectivity index (χ1n) is 9.38. The molecule has 0 radical (unpaired) electrons. The van der Waals surface area contributed by atoms with Gasteiger partial charge in [0.15, 0.2) is 0 Å². The molecule has 0 fully saturated rings. The molecular weight excluding hydrogens is 400 g/mol. The highest BCUT2D eigenvalue weighted by atomic mass is 32.2. The number of rotatable bonds is 7. The van der Waals surface area contributed by atoms with Gasteiger partial charge in [-0.1, -0.05) is 60.7 Å². The monoisotopic (exact) mass is 424 g/mol. The van der Waals surface area contributed by atoms with Gasteiger partial charge in [0.2, 0.25) is 15.9 Å². The highest BCUT2D eigenvalue weighted by Gasteiger charge is 2.32. The third-order valence-electron chi connectivity index (χ3n) is 4.74. The highest BCUT2D eigenvalue weighted by molar-refractivity contribution is 7.89. The SMILES string of the molecule is COc1ccc(NC(C)=O)cc1S(=O)(=O)N(C)C(c1ccccc1)c1ccccc1. The molecule has 0 atom stereocenters. The summed E-state index contributed by atoms with van der Waals surface area (Å²) >= 11 is 0. The number of hydrogen-bond donors (Lipinski definition) is 1. The van der Waals surface area contributed by atoms with Crippen LogP contribution in [-0.4, -0.2) is 32.8 Å². The van der Waals surface area contributed by atoms with Crippen molar-refractivity contribution in [3.63, 3.8) is 0 Å². The number of benzene rings is 3. The van der Waals surface area contributed by atoms with E-state index >= 15 is 0 Å². The fraction of sp³-hybridized carbons (Fsp3) is 0.174. The number of sulfonamides is 1. The first-order valence-corrected chi connectivity index (χ1v) is 10.8. The van der Waals surface area contributed by atoms with Gasteiger partial charge in [-0.3, -0.25) is 4.79 Å². The Morgan fingerprint density at radius 2 is 1.47 bits per heavy atom. The van der Waals surface area contributed by atoms with Crippen LogP contribution in [0.3, 0.4) is 0 Å². The maximum absolute atomic E-state index is 13.7. The molecule has 1 amide bonds. The van der Waals surface area contributed by atoms with Crippen LogP contribution in [0.5, 0.6) is 5.75 Å². The second-order valence-electron chi connectivity index (χ2n) is 6.79. The summed E-state index contributed by atoms with van der Waals surface area (Å²) in [5.41, 5.74) is 2.06. The molecule has 7 heteroatoms. The zero-order valence-electron chi connectivity index (χ0n) is 17.1. The van der Waals surface area contributed by atoms with Crippen molar-refractivity contribution in [3.8, 4) is 5.75 Å². The summed E-state index contributed by atoms with van der Waals surface area (Å²) in [6.45, 7) is 1.37. The smallest absolute Gasteiger partial charge is 0.247 e. The van der Waals surface area contributed by atoms with E-state index in [0.717, 1.165) is 11.1 Å². The van der Waals surface area contributed by atoms with Crippen LogP contribution in [0.1, 0.15) is 24.1 Å². The summed E-state index contributed by atoms with van der Waals surface area (Å²) in [7, 11) is -1.02. The lowest BCUT2D eigenvalue weighted by Gasteiger charge is -2.29. The number of hydrogen-bond acceptors (Lipinski definition) is 4. The number of nitrogens with zero attached hydrogens (tertiary/aromatic N) is 1. The van der Waals surface area contributed by atoms with Crippen molar-refractivity contribution in [1.29, 1.82) is 0 Å². The Bertz CT molecular complexity index is 1080. The van der Waals surface area contributed by atoms with Crippen LogP contribution in [0.2, 0.25) is 0 Å².